The maximum absolute atomic E-state index is 9.11. The Morgan fingerprint density at radius 2 is 2.08 bits per heavy atom. The van der Waals surface area contributed by atoms with Crippen LogP contribution in [-0.2, 0) is 0 Å². The highest BCUT2D eigenvalue weighted by atomic mass is 35.5. The van der Waals surface area contributed by atoms with Crippen LogP contribution in [-0.4, -0.2) is 16.8 Å². The third-order valence-corrected chi connectivity index (χ3v) is 1.54. The highest BCUT2D eigenvalue weighted by Gasteiger charge is 1.94. The lowest BCUT2D eigenvalue weighted by atomic mass is 10.2. The van der Waals surface area contributed by atoms with E-state index in [2.05, 4.69) is 0 Å². The third kappa shape index (κ3) is 2.57. The van der Waals surface area contributed by atoms with E-state index in [0.717, 1.165) is 5.56 Å². The Hall–Kier alpha value is -0.990. The van der Waals surface area contributed by atoms with E-state index in [9.17, 15) is 0 Å². The van der Waals surface area contributed by atoms with Crippen LogP contribution in [0.3, 0.4) is 0 Å². The molecule has 0 aliphatic carbocycles. The van der Waals surface area contributed by atoms with Gasteiger partial charge >= 0.3 is 0 Å². The minimum absolute atomic E-state index is 0.0206. The Balaban J connectivity index is 2.93. The van der Waals surface area contributed by atoms with Gasteiger partial charge in [0.05, 0.1) is 6.61 Å². The van der Waals surface area contributed by atoms with Gasteiger partial charge in [0.15, 0.2) is 0 Å². The molecule has 1 aromatic carbocycles. The van der Waals surface area contributed by atoms with E-state index in [-0.39, 0.29) is 12.4 Å². The summed E-state index contributed by atoms with van der Waals surface area (Å²) in [7, 11) is 0. The van der Waals surface area contributed by atoms with Crippen LogP contribution in [0.2, 0.25) is 5.02 Å². The van der Waals surface area contributed by atoms with E-state index < -0.39 is 0 Å². The van der Waals surface area contributed by atoms with Crippen LogP contribution < -0.4 is 0 Å². The Kier molecular flexibility index (Phi) is 3.14. The van der Waals surface area contributed by atoms with E-state index in [4.69, 9.17) is 21.8 Å². The molecule has 0 saturated heterocycles. The molecule has 2 nitrogen and oxygen atoms in total. The second-order valence-corrected chi connectivity index (χ2v) is 2.76. The number of hydrogen-bond acceptors (Lipinski definition) is 2. The van der Waals surface area contributed by atoms with Crippen LogP contribution in [0.4, 0.5) is 0 Å². The van der Waals surface area contributed by atoms with E-state index in [1.165, 1.54) is 6.07 Å². The maximum Gasteiger partial charge on any atom is 0.117 e. The molecule has 0 unspecified atom stereocenters. The van der Waals surface area contributed by atoms with E-state index in [0.29, 0.717) is 5.02 Å². The predicted molar refractivity (Wildman–Crippen MR) is 49.2 cm³/mol. The molecule has 2 N–H and O–H groups in total. The van der Waals surface area contributed by atoms with Crippen LogP contribution in [0.5, 0.6) is 5.75 Å². The zero-order valence-electron chi connectivity index (χ0n) is 6.37. The minimum atomic E-state index is -0.0206. The Morgan fingerprint density at radius 1 is 1.33 bits per heavy atom. The SMILES string of the molecule is OCC=Cc1cc(O)cc(Cl)c1. The zero-order valence-corrected chi connectivity index (χ0v) is 7.12. The first-order valence-electron chi connectivity index (χ1n) is 3.49. The Labute approximate surface area is 75.7 Å². The van der Waals surface area contributed by atoms with E-state index in [1.807, 2.05) is 0 Å². The lowest BCUT2D eigenvalue weighted by molar-refractivity contribution is 0.343. The van der Waals surface area contributed by atoms with Gasteiger partial charge < -0.3 is 10.2 Å². The number of rotatable bonds is 2. The van der Waals surface area contributed by atoms with Gasteiger partial charge in [-0.15, -0.1) is 0 Å². The quantitative estimate of drug-likeness (QED) is 0.739. The topological polar surface area (TPSA) is 40.5 Å². The molecular weight excluding hydrogens is 176 g/mol. The highest BCUT2D eigenvalue weighted by molar-refractivity contribution is 6.30. The molecule has 0 aromatic heterocycles. The van der Waals surface area contributed by atoms with Gasteiger partial charge in [-0.05, 0) is 23.8 Å². The van der Waals surface area contributed by atoms with Crippen LogP contribution >= 0.6 is 11.6 Å². The van der Waals surface area contributed by atoms with Gasteiger partial charge in [-0.1, -0.05) is 23.8 Å². The number of hydrogen-bond donors (Lipinski definition) is 2. The normalized spacial score (nSPS) is 10.8. The van der Waals surface area contributed by atoms with Crippen LogP contribution in [0, 0.1) is 0 Å². The van der Waals surface area contributed by atoms with Crippen molar-refractivity contribution in [2.75, 3.05) is 6.61 Å². The second-order valence-electron chi connectivity index (χ2n) is 2.33. The average Bonchev–Trinajstić information content (AvgIpc) is 1.99. The smallest absolute Gasteiger partial charge is 0.117 e. The van der Waals surface area contributed by atoms with Gasteiger partial charge in [0, 0.05) is 5.02 Å². The fourth-order valence-electron chi connectivity index (χ4n) is 0.881. The van der Waals surface area contributed by atoms with Crippen molar-refractivity contribution in [3.8, 4) is 5.75 Å². The summed E-state index contributed by atoms with van der Waals surface area (Å²) in [5.74, 6) is 0.125. The number of benzene rings is 1. The molecule has 0 fully saturated rings. The molecular formula is C9H9ClO2. The molecule has 12 heavy (non-hydrogen) atoms. The number of halogens is 1. The van der Waals surface area contributed by atoms with Gasteiger partial charge in [0.1, 0.15) is 5.75 Å². The molecule has 0 saturated carbocycles. The molecule has 0 bridgehead atoms. The zero-order chi connectivity index (χ0) is 8.97. The summed E-state index contributed by atoms with van der Waals surface area (Å²) in [6.07, 6.45) is 3.26. The van der Waals surface area contributed by atoms with Crippen molar-refractivity contribution >= 4 is 17.7 Å². The molecule has 1 rings (SSSR count). The lowest BCUT2D eigenvalue weighted by Crippen LogP contribution is -1.75. The summed E-state index contributed by atoms with van der Waals surface area (Å²) in [4.78, 5) is 0. The van der Waals surface area contributed by atoms with Crippen LogP contribution in [0.15, 0.2) is 24.3 Å². The van der Waals surface area contributed by atoms with Crippen molar-refractivity contribution in [1.29, 1.82) is 0 Å². The van der Waals surface area contributed by atoms with Crippen molar-refractivity contribution in [1.82, 2.24) is 0 Å². The molecule has 0 radical (unpaired) electrons. The van der Waals surface area contributed by atoms with Crippen molar-refractivity contribution < 1.29 is 10.2 Å². The first kappa shape index (κ1) is 9.10. The Bertz CT molecular complexity index is 274. The van der Waals surface area contributed by atoms with Gasteiger partial charge in [-0.2, -0.15) is 0 Å². The summed E-state index contributed by atoms with van der Waals surface area (Å²) in [5, 5.41) is 18.1. The van der Waals surface area contributed by atoms with Crippen molar-refractivity contribution in [3.05, 3.63) is 34.9 Å². The molecule has 1 aromatic rings. The van der Waals surface area contributed by atoms with Crippen molar-refractivity contribution in [2.45, 2.75) is 0 Å². The van der Waals surface area contributed by atoms with Crippen molar-refractivity contribution in [3.63, 3.8) is 0 Å². The number of phenols is 1. The predicted octanol–water partition coefficient (Wildman–Crippen LogP) is 2.05. The van der Waals surface area contributed by atoms with Gasteiger partial charge in [-0.25, -0.2) is 0 Å². The summed E-state index contributed by atoms with van der Waals surface area (Å²) in [6, 6.07) is 4.73. The van der Waals surface area contributed by atoms with Crippen LogP contribution in [0.25, 0.3) is 6.08 Å². The third-order valence-electron chi connectivity index (χ3n) is 1.32. The molecule has 0 aliphatic rings. The number of aliphatic hydroxyl groups excluding tert-OH is 1. The summed E-state index contributed by atoms with van der Waals surface area (Å²) in [6.45, 7) is -0.0206. The monoisotopic (exact) mass is 184 g/mol. The first-order chi connectivity index (χ1) is 5.72. The summed E-state index contributed by atoms with van der Waals surface area (Å²) < 4.78 is 0. The lowest BCUT2D eigenvalue weighted by Gasteiger charge is -1.96. The molecule has 0 heterocycles. The molecule has 64 valence electrons. The number of aliphatic hydroxyl groups is 1. The average molecular weight is 185 g/mol. The van der Waals surface area contributed by atoms with Gasteiger partial charge in [0.25, 0.3) is 0 Å². The summed E-state index contributed by atoms with van der Waals surface area (Å²) in [5.41, 5.74) is 0.772. The minimum Gasteiger partial charge on any atom is -0.508 e. The molecule has 0 atom stereocenters. The molecule has 0 spiro atoms. The highest BCUT2D eigenvalue weighted by Crippen LogP contribution is 2.20. The second kappa shape index (κ2) is 4.14. The van der Waals surface area contributed by atoms with Gasteiger partial charge in [-0.3, -0.25) is 0 Å². The Morgan fingerprint density at radius 3 is 2.67 bits per heavy atom. The van der Waals surface area contributed by atoms with E-state index >= 15 is 0 Å². The summed E-state index contributed by atoms with van der Waals surface area (Å²) >= 11 is 5.67. The maximum atomic E-state index is 9.11. The van der Waals surface area contributed by atoms with E-state index in [1.54, 1.807) is 24.3 Å². The van der Waals surface area contributed by atoms with Crippen molar-refractivity contribution in [2.24, 2.45) is 0 Å². The largest absolute Gasteiger partial charge is 0.508 e. The van der Waals surface area contributed by atoms with Gasteiger partial charge in [0.2, 0.25) is 0 Å². The number of phenolic OH excluding ortho intramolecular Hbond substituents is 1. The molecule has 3 heteroatoms. The van der Waals surface area contributed by atoms with Crippen LogP contribution in [0.1, 0.15) is 5.56 Å². The first-order valence-corrected chi connectivity index (χ1v) is 3.87. The molecule has 0 aliphatic heterocycles. The fourth-order valence-corrected chi connectivity index (χ4v) is 1.12. The number of aromatic hydroxyl groups is 1. The molecule has 0 amide bonds. The standard InChI is InChI=1S/C9H9ClO2/c10-8-4-7(2-1-3-11)5-9(12)6-8/h1-2,4-6,11-12H,3H2. The fraction of sp³-hybridized carbons (Fsp3) is 0.111.